The average molecular weight is 254 g/mol. The summed E-state index contributed by atoms with van der Waals surface area (Å²) >= 11 is 0. The highest BCUT2D eigenvalue weighted by Gasteiger charge is 2.26. The molecular formula is C8H15O7P. The lowest BCUT2D eigenvalue weighted by Gasteiger charge is -2.11. The van der Waals surface area contributed by atoms with Crippen LogP contribution >= 0.6 is 7.82 Å². The molecule has 0 saturated carbocycles. The molecule has 0 amide bonds. The third-order valence-electron chi connectivity index (χ3n) is 1.64. The van der Waals surface area contributed by atoms with Crippen molar-refractivity contribution in [3.8, 4) is 0 Å². The Labute approximate surface area is 92.7 Å². The first-order valence-electron chi connectivity index (χ1n) is 4.58. The molecule has 0 aromatic heterocycles. The van der Waals surface area contributed by atoms with Crippen molar-refractivity contribution < 1.29 is 33.6 Å². The third kappa shape index (κ3) is 6.81. The molecule has 0 heterocycles. The van der Waals surface area contributed by atoms with E-state index in [1.165, 1.54) is 0 Å². The van der Waals surface area contributed by atoms with Gasteiger partial charge in [0.05, 0.1) is 0 Å². The number of hydrogen-bond donors (Lipinski definition) is 3. The van der Waals surface area contributed by atoms with E-state index in [0.717, 1.165) is 0 Å². The van der Waals surface area contributed by atoms with E-state index in [-0.39, 0.29) is 12.3 Å². The van der Waals surface area contributed by atoms with Crippen LogP contribution in [0, 0.1) is 5.92 Å². The monoisotopic (exact) mass is 254 g/mol. The van der Waals surface area contributed by atoms with Crippen LogP contribution in [0.2, 0.25) is 0 Å². The van der Waals surface area contributed by atoms with Gasteiger partial charge in [-0.1, -0.05) is 13.8 Å². The van der Waals surface area contributed by atoms with E-state index in [9.17, 15) is 19.3 Å². The van der Waals surface area contributed by atoms with Gasteiger partial charge in [-0.3, -0.25) is 14.1 Å². The number of phosphoric ester groups is 1. The van der Waals surface area contributed by atoms with Crippen molar-refractivity contribution in [2.45, 2.75) is 26.4 Å². The fourth-order valence-electron chi connectivity index (χ4n) is 0.953. The van der Waals surface area contributed by atoms with Crippen molar-refractivity contribution in [2.24, 2.45) is 5.92 Å². The van der Waals surface area contributed by atoms with Gasteiger partial charge in [-0.25, -0.2) is 4.57 Å². The summed E-state index contributed by atoms with van der Waals surface area (Å²) in [6.07, 6.45) is -1.34. The summed E-state index contributed by atoms with van der Waals surface area (Å²) in [5.41, 5.74) is 0. The number of rotatable bonds is 7. The SMILES string of the molecule is CC(C)CC(O)C(=O)C(=O)COP(=O)(O)O. The van der Waals surface area contributed by atoms with Crippen LogP contribution in [-0.4, -0.2) is 39.2 Å². The highest BCUT2D eigenvalue weighted by atomic mass is 31.2. The fraction of sp³-hybridized carbons (Fsp3) is 0.750. The predicted molar refractivity (Wildman–Crippen MR) is 53.5 cm³/mol. The molecule has 8 heteroatoms. The highest BCUT2D eigenvalue weighted by Crippen LogP contribution is 2.35. The van der Waals surface area contributed by atoms with Gasteiger partial charge in [0.25, 0.3) is 0 Å². The topological polar surface area (TPSA) is 121 Å². The highest BCUT2D eigenvalue weighted by molar-refractivity contribution is 7.46. The summed E-state index contributed by atoms with van der Waals surface area (Å²) in [5.74, 6) is -2.23. The van der Waals surface area contributed by atoms with Crippen LogP contribution in [0.1, 0.15) is 20.3 Å². The number of Topliss-reactive ketones (excluding diaryl/α,β-unsaturated/α-hetero) is 2. The Morgan fingerprint density at radius 2 is 1.81 bits per heavy atom. The molecule has 1 unspecified atom stereocenters. The maximum atomic E-state index is 11.2. The quantitative estimate of drug-likeness (QED) is 0.419. The number of carbonyl (C=O) groups is 2. The van der Waals surface area contributed by atoms with Gasteiger partial charge in [-0.05, 0) is 12.3 Å². The lowest BCUT2D eigenvalue weighted by atomic mass is 10.0. The molecule has 0 rings (SSSR count). The number of carbonyl (C=O) groups excluding carboxylic acids is 2. The first-order chi connectivity index (χ1) is 7.13. The number of phosphoric acid groups is 1. The second-order valence-electron chi connectivity index (χ2n) is 3.70. The van der Waals surface area contributed by atoms with Crippen molar-refractivity contribution in [1.82, 2.24) is 0 Å². The molecule has 0 radical (unpaired) electrons. The predicted octanol–water partition coefficient (Wildman–Crippen LogP) is -0.359. The molecule has 1 atom stereocenters. The van der Waals surface area contributed by atoms with Crippen LogP contribution in [0.25, 0.3) is 0 Å². The normalized spacial score (nSPS) is 13.9. The van der Waals surface area contributed by atoms with E-state index in [1.54, 1.807) is 13.8 Å². The lowest BCUT2D eigenvalue weighted by Crippen LogP contribution is -2.32. The van der Waals surface area contributed by atoms with E-state index in [1.807, 2.05) is 0 Å². The first-order valence-corrected chi connectivity index (χ1v) is 6.11. The van der Waals surface area contributed by atoms with Crippen LogP contribution in [0.5, 0.6) is 0 Å². The van der Waals surface area contributed by atoms with E-state index >= 15 is 0 Å². The zero-order chi connectivity index (χ0) is 12.9. The molecule has 0 aliphatic carbocycles. The summed E-state index contributed by atoms with van der Waals surface area (Å²) in [6, 6.07) is 0. The zero-order valence-electron chi connectivity index (χ0n) is 8.99. The van der Waals surface area contributed by atoms with Crippen LogP contribution in [0.4, 0.5) is 0 Å². The Balaban J connectivity index is 4.19. The van der Waals surface area contributed by atoms with Gasteiger partial charge >= 0.3 is 7.82 Å². The number of aliphatic hydroxyl groups is 1. The van der Waals surface area contributed by atoms with Crippen LogP contribution in [-0.2, 0) is 18.7 Å². The Kier molecular flexibility index (Phi) is 5.99. The Hall–Kier alpha value is -0.590. The van der Waals surface area contributed by atoms with Crippen LogP contribution in [0.3, 0.4) is 0 Å². The maximum absolute atomic E-state index is 11.2. The van der Waals surface area contributed by atoms with Gasteiger partial charge in [0.15, 0.2) is 0 Å². The van der Waals surface area contributed by atoms with Crippen LogP contribution in [0.15, 0.2) is 0 Å². The summed E-state index contributed by atoms with van der Waals surface area (Å²) in [6.45, 7) is 2.48. The summed E-state index contributed by atoms with van der Waals surface area (Å²) < 4.78 is 14.1. The fourth-order valence-corrected chi connectivity index (χ4v) is 1.24. The van der Waals surface area contributed by atoms with E-state index in [4.69, 9.17) is 9.79 Å². The minimum Gasteiger partial charge on any atom is -0.385 e. The van der Waals surface area contributed by atoms with Crippen LogP contribution < -0.4 is 0 Å². The standard InChI is InChI=1S/C8H15O7P/c1-5(2)3-6(9)8(11)7(10)4-15-16(12,13)14/h5-6,9H,3-4H2,1-2H3,(H2,12,13,14). The smallest absolute Gasteiger partial charge is 0.385 e. The maximum Gasteiger partial charge on any atom is 0.470 e. The van der Waals surface area contributed by atoms with Crippen molar-refractivity contribution in [1.29, 1.82) is 0 Å². The Bertz CT molecular complexity index is 306. The van der Waals surface area contributed by atoms with Gasteiger partial charge in [0, 0.05) is 0 Å². The molecule has 0 aromatic carbocycles. The summed E-state index contributed by atoms with van der Waals surface area (Å²) in [7, 11) is -4.77. The third-order valence-corrected chi connectivity index (χ3v) is 2.10. The molecule has 0 spiro atoms. The summed E-state index contributed by atoms with van der Waals surface area (Å²) in [4.78, 5) is 38.8. The first kappa shape index (κ1) is 15.4. The minimum absolute atomic E-state index is 0.0226. The molecule has 0 aromatic rings. The molecular weight excluding hydrogens is 239 g/mol. The molecule has 16 heavy (non-hydrogen) atoms. The molecule has 0 bridgehead atoms. The average Bonchev–Trinajstić information content (AvgIpc) is 2.10. The van der Waals surface area contributed by atoms with Crippen molar-refractivity contribution in [3.63, 3.8) is 0 Å². The second kappa shape index (κ2) is 6.22. The van der Waals surface area contributed by atoms with E-state index < -0.39 is 32.1 Å². The molecule has 0 saturated heterocycles. The van der Waals surface area contributed by atoms with Crippen molar-refractivity contribution in [2.75, 3.05) is 6.61 Å². The van der Waals surface area contributed by atoms with Crippen molar-refractivity contribution in [3.05, 3.63) is 0 Å². The number of ketones is 2. The van der Waals surface area contributed by atoms with Gasteiger partial charge in [-0.15, -0.1) is 0 Å². The van der Waals surface area contributed by atoms with Gasteiger partial charge in [0.2, 0.25) is 11.6 Å². The zero-order valence-corrected chi connectivity index (χ0v) is 9.89. The molecule has 0 fully saturated rings. The molecule has 0 aliphatic rings. The Morgan fingerprint density at radius 1 is 1.31 bits per heavy atom. The summed E-state index contributed by atoms with van der Waals surface area (Å²) in [5, 5.41) is 9.27. The second-order valence-corrected chi connectivity index (χ2v) is 4.94. The van der Waals surface area contributed by atoms with E-state index in [2.05, 4.69) is 4.52 Å². The Morgan fingerprint density at radius 3 is 2.19 bits per heavy atom. The van der Waals surface area contributed by atoms with Gasteiger partial charge in [0.1, 0.15) is 12.7 Å². The number of hydrogen-bond acceptors (Lipinski definition) is 5. The minimum atomic E-state index is -4.77. The van der Waals surface area contributed by atoms with Crippen molar-refractivity contribution >= 4 is 19.4 Å². The lowest BCUT2D eigenvalue weighted by molar-refractivity contribution is -0.143. The largest absolute Gasteiger partial charge is 0.470 e. The molecule has 3 N–H and O–H groups in total. The van der Waals surface area contributed by atoms with E-state index in [0.29, 0.717) is 0 Å². The van der Waals surface area contributed by atoms with Gasteiger partial charge in [-0.2, -0.15) is 0 Å². The molecule has 94 valence electrons. The molecule has 7 nitrogen and oxygen atoms in total. The number of aliphatic hydroxyl groups excluding tert-OH is 1. The van der Waals surface area contributed by atoms with Gasteiger partial charge < -0.3 is 14.9 Å². The molecule has 0 aliphatic heterocycles.